The standard InChI is InChI=1S/C12H19N3O4/c16-10(14-9-1-2-9)3-4-13-12(19)15-6-8(7-15)5-11(17)18/h8-9H,1-7H2,(H,13,19)(H,14,16)(H,17,18). The lowest BCUT2D eigenvalue weighted by atomic mass is 9.97. The van der Waals surface area contributed by atoms with Gasteiger partial charge in [0.25, 0.3) is 0 Å². The second-order valence-corrected chi connectivity index (χ2v) is 5.19. The monoisotopic (exact) mass is 269 g/mol. The molecule has 1 aliphatic heterocycles. The molecule has 0 bridgehead atoms. The highest BCUT2D eigenvalue weighted by Crippen LogP contribution is 2.19. The van der Waals surface area contributed by atoms with Gasteiger partial charge in [0.2, 0.25) is 5.91 Å². The van der Waals surface area contributed by atoms with Crippen molar-refractivity contribution in [2.75, 3.05) is 19.6 Å². The summed E-state index contributed by atoms with van der Waals surface area (Å²) in [4.78, 5) is 35.0. The van der Waals surface area contributed by atoms with Crippen molar-refractivity contribution in [3.63, 3.8) is 0 Å². The number of carboxylic acids is 1. The number of aliphatic carboxylic acids is 1. The summed E-state index contributed by atoms with van der Waals surface area (Å²) in [5.41, 5.74) is 0. The molecule has 0 unspecified atom stereocenters. The van der Waals surface area contributed by atoms with Crippen molar-refractivity contribution in [2.24, 2.45) is 5.92 Å². The molecule has 1 saturated carbocycles. The first kappa shape index (κ1) is 13.6. The molecule has 0 aromatic rings. The van der Waals surface area contributed by atoms with Crippen molar-refractivity contribution in [1.82, 2.24) is 15.5 Å². The van der Waals surface area contributed by atoms with E-state index in [1.165, 1.54) is 0 Å². The Labute approximate surface area is 111 Å². The van der Waals surface area contributed by atoms with Gasteiger partial charge in [-0.25, -0.2) is 4.79 Å². The largest absolute Gasteiger partial charge is 0.481 e. The van der Waals surface area contributed by atoms with Gasteiger partial charge in [-0.05, 0) is 12.8 Å². The molecule has 1 aliphatic carbocycles. The second-order valence-electron chi connectivity index (χ2n) is 5.19. The van der Waals surface area contributed by atoms with Gasteiger partial charge >= 0.3 is 12.0 Å². The van der Waals surface area contributed by atoms with Crippen LogP contribution in [0.2, 0.25) is 0 Å². The van der Waals surface area contributed by atoms with Crippen LogP contribution in [0.5, 0.6) is 0 Å². The maximum atomic E-state index is 11.6. The molecule has 0 aromatic carbocycles. The van der Waals surface area contributed by atoms with Crippen LogP contribution >= 0.6 is 0 Å². The molecule has 2 fully saturated rings. The summed E-state index contributed by atoms with van der Waals surface area (Å²) in [6.45, 7) is 1.27. The van der Waals surface area contributed by atoms with Gasteiger partial charge in [-0.2, -0.15) is 0 Å². The number of carboxylic acid groups (broad SMARTS) is 1. The van der Waals surface area contributed by atoms with Crippen LogP contribution in [0.4, 0.5) is 4.79 Å². The summed E-state index contributed by atoms with van der Waals surface area (Å²) in [5, 5.41) is 14.1. The highest BCUT2D eigenvalue weighted by Gasteiger charge is 2.31. The maximum absolute atomic E-state index is 11.6. The Bertz CT molecular complexity index is 375. The maximum Gasteiger partial charge on any atom is 0.317 e. The zero-order valence-corrected chi connectivity index (χ0v) is 10.7. The van der Waals surface area contributed by atoms with Gasteiger partial charge in [-0.3, -0.25) is 9.59 Å². The highest BCUT2D eigenvalue weighted by molar-refractivity contribution is 5.79. The fraction of sp³-hybridized carbons (Fsp3) is 0.750. The Morgan fingerprint density at radius 2 is 1.89 bits per heavy atom. The van der Waals surface area contributed by atoms with Crippen LogP contribution in [0.25, 0.3) is 0 Å². The number of hydrogen-bond donors (Lipinski definition) is 3. The van der Waals surface area contributed by atoms with Gasteiger partial charge in [0.05, 0.1) is 6.42 Å². The van der Waals surface area contributed by atoms with Crippen LogP contribution in [0.15, 0.2) is 0 Å². The predicted molar refractivity (Wildman–Crippen MR) is 66.5 cm³/mol. The summed E-state index contributed by atoms with van der Waals surface area (Å²) in [6.07, 6.45) is 2.50. The predicted octanol–water partition coefficient (Wildman–Crippen LogP) is -0.229. The number of rotatable bonds is 6. The summed E-state index contributed by atoms with van der Waals surface area (Å²) in [7, 11) is 0. The average Bonchev–Trinajstić information content (AvgIpc) is 3.06. The van der Waals surface area contributed by atoms with Gasteiger partial charge < -0.3 is 20.6 Å². The zero-order valence-electron chi connectivity index (χ0n) is 10.7. The van der Waals surface area contributed by atoms with Gasteiger partial charge in [-0.1, -0.05) is 0 Å². The summed E-state index contributed by atoms with van der Waals surface area (Å²) in [5.74, 6) is -0.807. The van der Waals surface area contributed by atoms with E-state index in [1.54, 1.807) is 4.90 Å². The topological polar surface area (TPSA) is 98.7 Å². The number of nitrogens with one attached hydrogen (secondary N) is 2. The highest BCUT2D eigenvalue weighted by atomic mass is 16.4. The third-order valence-electron chi connectivity index (χ3n) is 3.28. The third-order valence-corrected chi connectivity index (χ3v) is 3.28. The van der Waals surface area contributed by atoms with Gasteiger partial charge in [0.1, 0.15) is 0 Å². The van der Waals surface area contributed by atoms with Gasteiger partial charge in [0.15, 0.2) is 0 Å². The molecule has 19 heavy (non-hydrogen) atoms. The van der Waals surface area contributed by atoms with E-state index < -0.39 is 5.97 Å². The molecule has 7 heteroatoms. The molecule has 7 nitrogen and oxygen atoms in total. The SMILES string of the molecule is O=C(O)CC1CN(C(=O)NCCC(=O)NC2CC2)C1. The van der Waals surface area contributed by atoms with Crippen LogP contribution in [0.1, 0.15) is 25.7 Å². The quantitative estimate of drug-likeness (QED) is 0.620. The van der Waals surface area contributed by atoms with Crippen LogP contribution in [0.3, 0.4) is 0 Å². The van der Waals surface area contributed by atoms with Crippen molar-refractivity contribution in [2.45, 2.75) is 31.7 Å². The van der Waals surface area contributed by atoms with Crippen molar-refractivity contribution >= 4 is 17.9 Å². The average molecular weight is 269 g/mol. The molecule has 0 radical (unpaired) electrons. The molecule has 2 rings (SSSR count). The molecule has 0 atom stereocenters. The first-order valence-corrected chi connectivity index (χ1v) is 6.58. The number of urea groups is 1. The molecule has 1 heterocycles. The van der Waals surface area contributed by atoms with E-state index in [0.717, 1.165) is 12.8 Å². The fourth-order valence-corrected chi connectivity index (χ4v) is 2.03. The Balaban J connectivity index is 1.53. The van der Waals surface area contributed by atoms with E-state index >= 15 is 0 Å². The van der Waals surface area contributed by atoms with Crippen LogP contribution < -0.4 is 10.6 Å². The van der Waals surface area contributed by atoms with Gasteiger partial charge in [0, 0.05) is 38.0 Å². The minimum Gasteiger partial charge on any atom is -0.481 e. The summed E-state index contributed by atoms with van der Waals surface area (Å²) >= 11 is 0. The lowest BCUT2D eigenvalue weighted by molar-refractivity contribution is -0.139. The molecular weight excluding hydrogens is 250 g/mol. The smallest absolute Gasteiger partial charge is 0.317 e. The Kier molecular flexibility index (Phi) is 4.24. The zero-order chi connectivity index (χ0) is 13.8. The normalized spacial score (nSPS) is 18.6. The molecule has 0 aromatic heterocycles. The van der Waals surface area contributed by atoms with Crippen LogP contribution in [-0.2, 0) is 9.59 Å². The third kappa shape index (κ3) is 4.42. The fourth-order valence-electron chi connectivity index (χ4n) is 2.03. The summed E-state index contributed by atoms with van der Waals surface area (Å²) < 4.78 is 0. The van der Waals surface area contributed by atoms with Gasteiger partial charge in [-0.15, -0.1) is 0 Å². The Morgan fingerprint density at radius 1 is 1.21 bits per heavy atom. The van der Waals surface area contributed by atoms with E-state index in [9.17, 15) is 14.4 Å². The molecule has 3 amide bonds. The number of likely N-dealkylation sites (tertiary alicyclic amines) is 1. The van der Waals surface area contributed by atoms with Crippen LogP contribution in [-0.4, -0.2) is 53.6 Å². The van der Waals surface area contributed by atoms with Crippen molar-refractivity contribution < 1.29 is 19.5 Å². The van der Waals surface area contributed by atoms with E-state index in [0.29, 0.717) is 25.7 Å². The first-order valence-electron chi connectivity index (χ1n) is 6.58. The Hall–Kier alpha value is -1.79. The lowest BCUT2D eigenvalue weighted by Gasteiger charge is -2.38. The minimum absolute atomic E-state index is 0.0323. The molecule has 3 N–H and O–H groups in total. The van der Waals surface area contributed by atoms with Crippen molar-refractivity contribution in [1.29, 1.82) is 0 Å². The number of carbonyl (C=O) groups is 3. The van der Waals surface area contributed by atoms with Crippen molar-refractivity contribution in [3.05, 3.63) is 0 Å². The molecule has 106 valence electrons. The van der Waals surface area contributed by atoms with Crippen molar-refractivity contribution in [3.8, 4) is 0 Å². The lowest BCUT2D eigenvalue weighted by Crippen LogP contribution is -2.54. The number of amides is 3. The molecule has 1 saturated heterocycles. The molecular formula is C12H19N3O4. The number of hydrogen-bond acceptors (Lipinski definition) is 3. The second kappa shape index (κ2) is 5.90. The summed E-state index contributed by atoms with van der Waals surface area (Å²) in [6, 6.07) is 0.122. The first-order chi connectivity index (χ1) is 9.04. The van der Waals surface area contributed by atoms with E-state index in [1.807, 2.05) is 0 Å². The number of nitrogens with zero attached hydrogens (tertiary/aromatic N) is 1. The minimum atomic E-state index is -0.832. The molecule has 0 spiro atoms. The van der Waals surface area contributed by atoms with Crippen LogP contribution in [0, 0.1) is 5.92 Å². The Morgan fingerprint density at radius 3 is 2.47 bits per heavy atom. The van der Waals surface area contributed by atoms with E-state index in [2.05, 4.69) is 10.6 Å². The molecule has 2 aliphatic rings. The van der Waals surface area contributed by atoms with E-state index in [4.69, 9.17) is 5.11 Å². The van der Waals surface area contributed by atoms with E-state index in [-0.39, 0.29) is 30.7 Å². The number of carbonyl (C=O) groups excluding carboxylic acids is 2.